The van der Waals surface area contributed by atoms with Crippen LogP contribution in [0.5, 0.6) is 0 Å². The number of nitrogens with zero attached hydrogens (tertiary/aromatic N) is 1. The SMILES string of the molecule is CC(C)COC(=O)N1CCCC1CN. The third-order valence-corrected chi connectivity index (χ3v) is 2.42. The van der Waals surface area contributed by atoms with Crippen molar-refractivity contribution in [1.82, 2.24) is 4.90 Å². The molecule has 1 heterocycles. The van der Waals surface area contributed by atoms with Gasteiger partial charge in [-0.2, -0.15) is 0 Å². The first-order valence-electron chi connectivity index (χ1n) is 5.28. The van der Waals surface area contributed by atoms with E-state index in [0.29, 0.717) is 19.1 Å². The zero-order valence-electron chi connectivity index (χ0n) is 9.03. The van der Waals surface area contributed by atoms with Crippen LogP contribution in [-0.2, 0) is 4.74 Å². The maximum atomic E-state index is 11.6. The zero-order chi connectivity index (χ0) is 10.6. The summed E-state index contributed by atoms with van der Waals surface area (Å²) in [5, 5.41) is 0. The van der Waals surface area contributed by atoms with E-state index in [4.69, 9.17) is 10.5 Å². The summed E-state index contributed by atoms with van der Waals surface area (Å²) in [4.78, 5) is 13.3. The molecule has 1 rings (SSSR count). The number of hydrogen-bond acceptors (Lipinski definition) is 3. The topological polar surface area (TPSA) is 55.6 Å². The van der Waals surface area contributed by atoms with E-state index >= 15 is 0 Å². The van der Waals surface area contributed by atoms with E-state index in [1.807, 2.05) is 13.8 Å². The third kappa shape index (κ3) is 2.87. The van der Waals surface area contributed by atoms with Crippen LogP contribution >= 0.6 is 0 Å². The van der Waals surface area contributed by atoms with Crippen LogP contribution in [-0.4, -0.2) is 36.7 Å². The largest absolute Gasteiger partial charge is 0.449 e. The van der Waals surface area contributed by atoms with Gasteiger partial charge in [0.15, 0.2) is 0 Å². The lowest BCUT2D eigenvalue weighted by Crippen LogP contribution is -2.40. The molecule has 1 saturated heterocycles. The lowest BCUT2D eigenvalue weighted by molar-refractivity contribution is 0.0891. The molecule has 1 aliphatic rings. The maximum absolute atomic E-state index is 11.6. The fourth-order valence-electron chi connectivity index (χ4n) is 1.64. The van der Waals surface area contributed by atoms with E-state index in [2.05, 4.69) is 0 Å². The molecule has 4 nitrogen and oxygen atoms in total. The molecule has 1 fully saturated rings. The Labute approximate surface area is 85.4 Å². The molecule has 0 aliphatic carbocycles. The van der Waals surface area contributed by atoms with Crippen molar-refractivity contribution in [3.63, 3.8) is 0 Å². The van der Waals surface area contributed by atoms with E-state index in [0.717, 1.165) is 19.4 Å². The molecule has 0 saturated carbocycles. The Morgan fingerprint density at radius 2 is 2.36 bits per heavy atom. The second kappa shape index (κ2) is 5.20. The van der Waals surface area contributed by atoms with Gasteiger partial charge in [-0.05, 0) is 18.8 Å². The van der Waals surface area contributed by atoms with Gasteiger partial charge in [-0.15, -0.1) is 0 Å². The lowest BCUT2D eigenvalue weighted by Gasteiger charge is -2.23. The standard InChI is InChI=1S/C10H20N2O2/c1-8(2)7-14-10(13)12-5-3-4-9(12)6-11/h8-9H,3-7,11H2,1-2H3. The summed E-state index contributed by atoms with van der Waals surface area (Å²) in [6, 6.07) is 0.190. The Bertz CT molecular complexity index is 195. The number of rotatable bonds is 3. The molecule has 0 aromatic carbocycles. The Hall–Kier alpha value is -0.770. The van der Waals surface area contributed by atoms with Crippen molar-refractivity contribution in [3.8, 4) is 0 Å². The Balaban J connectivity index is 2.35. The van der Waals surface area contributed by atoms with Crippen molar-refractivity contribution in [2.45, 2.75) is 32.7 Å². The number of nitrogens with two attached hydrogens (primary N) is 1. The molecule has 4 heteroatoms. The molecule has 0 radical (unpaired) electrons. The molecule has 0 bridgehead atoms. The molecule has 1 aliphatic heterocycles. The van der Waals surface area contributed by atoms with Crippen LogP contribution in [0.25, 0.3) is 0 Å². The van der Waals surface area contributed by atoms with Crippen molar-refractivity contribution in [3.05, 3.63) is 0 Å². The zero-order valence-corrected chi connectivity index (χ0v) is 9.03. The van der Waals surface area contributed by atoms with Gasteiger partial charge in [0.25, 0.3) is 0 Å². The van der Waals surface area contributed by atoms with Gasteiger partial charge < -0.3 is 15.4 Å². The van der Waals surface area contributed by atoms with Crippen LogP contribution in [0, 0.1) is 5.92 Å². The molecule has 1 atom stereocenters. The maximum Gasteiger partial charge on any atom is 0.410 e. The number of hydrogen-bond donors (Lipinski definition) is 1. The number of likely N-dealkylation sites (tertiary alicyclic amines) is 1. The quantitative estimate of drug-likeness (QED) is 0.744. The second-order valence-electron chi connectivity index (χ2n) is 4.20. The summed E-state index contributed by atoms with van der Waals surface area (Å²) in [6.45, 7) is 5.87. The first-order chi connectivity index (χ1) is 6.65. The predicted octanol–water partition coefficient (Wildman–Crippen LogP) is 1.20. The van der Waals surface area contributed by atoms with Gasteiger partial charge >= 0.3 is 6.09 Å². The Morgan fingerprint density at radius 3 is 2.93 bits per heavy atom. The second-order valence-corrected chi connectivity index (χ2v) is 4.20. The minimum atomic E-state index is -0.202. The van der Waals surface area contributed by atoms with Crippen molar-refractivity contribution in [1.29, 1.82) is 0 Å². The van der Waals surface area contributed by atoms with Crippen LogP contribution < -0.4 is 5.73 Å². The van der Waals surface area contributed by atoms with Crippen molar-refractivity contribution in [2.75, 3.05) is 19.7 Å². The average Bonchev–Trinajstić information content (AvgIpc) is 2.61. The number of carbonyl (C=O) groups excluding carboxylic acids is 1. The van der Waals surface area contributed by atoms with Crippen LogP contribution in [0.15, 0.2) is 0 Å². The molecule has 0 spiro atoms. The van der Waals surface area contributed by atoms with Gasteiger partial charge in [0.2, 0.25) is 0 Å². The molecular formula is C10H20N2O2. The Kier molecular flexibility index (Phi) is 4.20. The van der Waals surface area contributed by atoms with Crippen molar-refractivity contribution in [2.24, 2.45) is 11.7 Å². The van der Waals surface area contributed by atoms with Gasteiger partial charge in [0, 0.05) is 19.1 Å². The minimum absolute atomic E-state index is 0.190. The summed E-state index contributed by atoms with van der Waals surface area (Å²) < 4.78 is 5.15. The smallest absolute Gasteiger partial charge is 0.410 e. The fourth-order valence-corrected chi connectivity index (χ4v) is 1.64. The molecule has 2 N–H and O–H groups in total. The van der Waals surface area contributed by atoms with E-state index in [1.165, 1.54) is 0 Å². The average molecular weight is 200 g/mol. The highest BCUT2D eigenvalue weighted by Crippen LogP contribution is 2.17. The van der Waals surface area contributed by atoms with Crippen LogP contribution in [0.2, 0.25) is 0 Å². The minimum Gasteiger partial charge on any atom is -0.449 e. The predicted molar refractivity (Wildman–Crippen MR) is 55.0 cm³/mol. The molecule has 14 heavy (non-hydrogen) atoms. The Morgan fingerprint density at radius 1 is 1.64 bits per heavy atom. The van der Waals surface area contributed by atoms with Gasteiger partial charge in [0.05, 0.1) is 6.61 Å². The van der Waals surface area contributed by atoms with Crippen molar-refractivity contribution >= 4 is 6.09 Å². The molecule has 1 amide bonds. The molecular weight excluding hydrogens is 180 g/mol. The first-order valence-corrected chi connectivity index (χ1v) is 5.28. The number of ether oxygens (including phenoxy) is 1. The highest BCUT2D eigenvalue weighted by Gasteiger charge is 2.28. The summed E-state index contributed by atoms with van der Waals surface area (Å²) in [5.74, 6) is 0.387. The molecule has 82 valence electrons. The highest BCUT2D eigenvalue weighted by atomic mass is 16.6. The van der Waals surface area contributed by atoms with E-state index < -0.39 is 0 Å². The normalized spacial score (nSPS) is 21.7. The number of carbonyl (C=O) groups is 1. The summed E-state index contributed by atoms with van der Waals surface area (Å²) >= 11 is 0. The summed E-state index contributed by atoms with van der Waals surface area (Å²) in [5.41, 5.74) is 5.57. The molecule has 1 unspecified atom stereocenters. The van der Waals surface area contributed by atoms with Crippen molar-refractivity contribution < 1.29 is 9.53 Å². The molecule has 0 aromatic heterocycles. The van der Waals surface area contributed by atoms with Gasteiger partial charge in [-0.1, -0.05) is 13.8 Å². The number of amides is 1. The van der Waals surface area contributed by atoms with E-state index in [1.54, 1.807) is 4.90 Å². The summed E-state index contributed by atoms with van der Waals surface area (Å²) in [7, 11) is 0. The van der Waals surface area contributed by atoms with Gasteiger partial charge in [-0.3, -0.25) is 0 Å². The van der Waals surface area contributed by atoms with Gasteiger partial charge in [0.1, 0.15) is 0 Å². The van der Waals surface area contributed by atoms with Gasteiger partial charge in [-0.25, -0.2) is 4.79 Å². The first kappa shape index (κ1) is 11.3. The highest BCUT2D eigenvalue weighted by molar-refractivity contribution is 5.68. The van der Waals surface area contributed by atoms with Crippen LogP contribution in [0.4, 0.5) is 4.79 Å². The monoisotopic (exact) mass is 200 g/mol. The van der Waals surface area contributed by atoms with E-state index in [-0.39, 0.29) is 12.1 Å². The fraction of sp³-hybridized carbons (Fsp3) is 0.900. The third-order valence-electron chi connectivity index (χ3n) is 2.42. The molecule has 0 aromatic rings. The van der Waals surface area contributed by atoms with Crippen LogP contribution in [0.1, 0.15) is 26.7 Å². The lowest BCUT2D eigenvalue weighted by atomic mass is 10.2. The van der Waals surface area contributed by atoms with E-state index in [9.17, 15) is 4.79 Å². The summed E-state index contributed by atoms with van der Waals surface area (Å²) in [6.07, 6.45) is 1.85. The van der Waals surface area contributed by atoms with Crippen LogP contribution in [0.3, 0.4) is 0 Å².